The van der Waals surface area contributed by atoms with Crippen LogP contribution in [-0.2, 0) is 4.79 Å². The molecule has 0 unspecified atom stereocenters. The van der Waals surface area contributed by atoms with Crippen molar-refractivity contribution >= 4 is 5.91 Å². The van der Waals surface area contributed by atoms with Crippen LogP contribution >= 0.6 is 0 Å². The Morgan fingerprint density at radius 2 is 2.25 bits per heavy atom. The monoisotopic (exact) mass is 174 g/mol. The third kappa shape index (κ3) is 1.12. The van der Waals surface area contributed by atoms with E-state index in [0.29, 0.717) is 0 Å². The number of aliphatic hydroxyl groups is 1. The summed E-state index contributed by atoms with van der Waals surface area (Å²) >= 11 is 0. The van der Waals surface area contributed by atoms with Crippen molar-refractivity contribution in [3.8, 4) is 0 Å². The van der Waals surface area contributed by atoms with Crippen LogP contribution in [0.25, 0.3) is 0 Å². The summed E-state index contributed by atoms with van der Waals surface area (Å²) in [6.45, 7) is 2.83. The van der Waals surface area contributed by atoms with Gasteiger partial charge in [0.05, 0.1) is 0 Å². The molecular formula is C9H17NO2. The van der Waals surface area contributed by atoms with E-state index >= 15 is 0 Å². The molecule has 1 aliphatic heterocycles. The summed E-state index contributed by atoms with van der Waals surface area (Å²) in [4.78, 5) is 12.6. The van der Waals surface area contributed by atoms with Gasteiger partial charge in [0.2, 0.25) is 0 Å². The highest BCUT2D eigenvalue weighted by Crippen LogP contribution is 2.38. The maximum atomic E-state index is 11.8. The minimum atomic E-state index is -2.45. The van der Waals surface area contributed by atoms with Gasteiger partial charge in [0.15, 0.2) is 0 Å². The second-order valence-electron chi connectivity index (χ2n) is 4.32. The quantitative estimate of drug-likeness (QED) is 0.585. The fourth-order valence-corrected chi connectivity index (χ4v) is 1.40. The van der Waals surface area contributed by atoms with Gasteiger partial charge in [-0.1, -0.05) is 20.8 Å². The first-order valence-electron chi connectivity index (χ1n) is 5.54. The molecule has 0 aromatic heterocycles. The molecular weight excluding hydrogens is 154 g/mol. The van der Waals surface area contributed by atoms with E-state index in [1.165, 1.54) is 0 Å². The maximum absolute atomic E-state index is 11.8. The Labute approximate surface area is 77.6 Å². The fraction of sp³-hybridized carbons (Fsp3) is 0.889. The van der Waals surface area contributed by atoms with E-state index in [2.05, 4.69) is 0 Å². The van der Waals surface area contributed by atoms with Crippen LogP contribution in [0.15, 0.2) is 0 Å². The number of hydrogen-bond acceptors (Lipinski definition) is 2. The Morgan fingerprint density at radius 3 is 2.50 bits per heavy atom. The van der Waals surface area contributed by atoms with E-state index in [4.69, 9.17) is 4.11 Å². The molecule has 0 aromatic rings. The van der Waals surface area contributed by atoms with Gasteiger partial charge in [0, 0.05) is 24.1 Å². The van der Waals surface area contributed by atoms with Crippen molar-refractivity contribution in [1.29, 1.82) is 0 Å². The molecule has 1 atom stereocenters. The number of likely N-dealkylation sites (N-methyl/N-ethyl adjacent to an activating group) is 1. The molecule has 0 bridgehead atoms. The van der Waals surface area contributed by atoms with Crippen LogP contribution in [0.2, 0.25) is 0 Å². The minimum Gasteiger partial charge on any atom is -0.379 e. The average molecular weight is 174 g/mol. The number of rotatable bonds is 0. The lowest BCUT2D eigenvalue weighted by molar-refractivity contribution is -0.152. The van der Waals surface area contributed by atoms with Crippen LogP contribution in [0, 0.1) is 5.41 Å². The highest BCUT2D eigenvalue weighted by molar-refractivity contribution is 5.87. The topological polar surface area (TPSA) is 40.5 Å². The number of carbonyl (C=O) groups excluding carboxylic acids is 1. The Morgan fingerprint density at radius 1 is 1.67 bits per heavy atom. The number of carbonyl (C=O) groups is 1. The van der Waals surface area contributed by atoms with E-state index in [9.17, 15) is 9.90 Å². The van der Waals surface area contributed by atoms with Crippen LogP contribution in [0.5, 0.6) is 0 Å². The predicted molar refractivity (Wildman–Crippen MR) is 46.7 cm³/mol. The molecule has 0 radical (unpaired) electrons. The zero-order chi connectivity index (χ0) is 12.1. The van der Waals surface area contributed by atoms with Crippen molar-refractivity contribution in [3.63, 3.8) is 0 Å². The first-order valence-corrected chi connectivity index (χ1v) is 4.04. The smallest absolute Gasteiger partial charge is 0.254 e. The molecule has 0 spiro atoms. The molecule has 3 heteroatoms. The van der Waals surface area contributed by atoms with Gasteiger partial charge in [0.1, 0.15) is 5.60 Å². The van der Waals surface area contributed by atoms with Crippen molar-refractivity contribution < 1.29 is 14.0 Å². The highest BCUT2D eigenvalue weighted by Gasteiger charge is 2.51. The van der Waals surface area contributed by atoms with Crippen molar-refractivity contribution in [1.82, 2.24) is 4.90 Å². The van der Waals surface area contributed by atoms with Gasteiger partial charge >= 0.3 is 0 Å². The van der Waals surface area contributed by atoms with Gasteiger partial charge in [-0.15, -0.1) is 0 Å². The van der Waals surface area contributed by atoms with Gasteiger partial charge in [-0.2, -0.15) is 0 Å². The van der Waals surface area contributed by atoms with E-state index < -0.39 is 23.9 Å². The maximum Gasteiger partial charge on any atom is 0.254 e. The number of likely N-dealkylation sites (tertiary alicyclic amines) is 1. The lowest BCUT2D eigenvalue weighted by atomic mass is 9.75. The number of hydrogen-bond donors (Lipinski definition) is 1. The van der Waals surface area contributed by atoms with E-state index in [1.54, 1.807) is 20.8 Å². The largest absolute Gasteiger partial charge is 0.379 e. The lowest BCUT2D eigenvalue weighted by Gasteiger charge is -2.34. The third-order valence-corrected chi connectivity index (χ3v) is 2.54. The van der Waals surface area contributed by atoms with E-state index in [-0.39, 0.29) is 13.0 Å². The summed E-state index contributed by atoms with van der Waals surface area (Å²) in [5, 5.41) is 10.2. The van der Waals surface area contributed by atoms with E-state index in [1.807, 2.05) is 0 Å². The molecule has 1 heterocycles. The number of nitrogens with zero attached hydrogens (tertiary/aromatic N) is 1. The second-order valence-corrected chi connectivity index (χ2v) is 4.32. The summed E-state index contributed by atoms with van der Waals surface area (Å²) in [7, 11) is 0. The fourth-order valence-electron chi connectivity index (χ4n) is 1.40. The van der Waals surface area contributed by atoms with Crippen LogP contribution in [-0.4, -0.2) is 35.0 Å². The Bertz CT molecular complexity index is 282. The molecule has 1 N–H and O–H groups in total. The predicted octanol–water partition coefficient (Wildman–Crippen LogP) is 0.626. The Kier molecular flexibility index (Phi) is 1.22. The molecule has 0 aliphatic carbocycles. The standard InChI is InChI=1S/C9H17NO2/c1-8(2,3)9(12)5-6-10(4)7(9)11/h12H,5-6H2,1-4H3/t9-/m1/s1/i4D3. The summed E-state index contributed by atoms with van der Waals surface area (Å²) in [5.74, 6) is -0.685. The first-order chi connectivity index (χ1) is 6.50. The molecule has 1 fully saturated rings. The van der Waals surface area contributed by atoms with Crippen LogP contribution in [0.4, 0.5) is 0 Å². The molecule has 1 amide bonds. The Hall–Kier alpha value is -0.570. The molecule has 1 saturated heterocycles. The first kappa shape index (κ1) is 5.97. The molecule has 1 rings (SSSR count). The summed E-state index contributed by atoms with van der Waals surface area (Å²) < 4.78 is 21.5. The van der Waals surface area contributed by atoms with Crippen molar-refractivity contribution in [2.24, 2.45) is 5.41 Å². The zero-order valence-electron chi connectivity index (χ0n) is 10.7. The second kappa shape index (κ2) is 2.46. The minimum absolute atomic E-state index is 0.0864. The summed E-state index contributed by atoms with van der Waals surface area (Å²) in [6.07, 6.45) is 0.174. The van der Waals surface area contributed by atoms with Crippen molar-refractivity contribution in [2.45, 2.75) is 32.8 Å². The highest BCUT2D eigenvalue weighted by atomic mass is 16.3. The zero-order valence-corrected chi connectivity index (χ0v) is 7.72. The van der Waals surface area contributed by atoms with Crippen LogP contribution in [0.1, 0.15) is 31.3 Å². The molecule has 0 saturated carbocycles. The molecule has 3 nitrogen and oxygen atoms in total. The van der Waals surface area contributed by atoms with Gasteiger partial charge in [-0.3, -0.25) is 4.79 Å². The van der Waals surface area contributed by atoms with Crippen LogP contribution < -0.4 is 0 Å². The van der Waals surface area contributed by atoms with Gasteiger partial charge in [-0.25, -0.2) is 0 Å². The number of amides is 1. The summed E-state index contributed by atoms with van der Waals surface area (Å²) in [5.41, 5.74) is -2.20. The van der Waals surface area contributed by atoms with Gasteiger partial charge in [-0.05, 0) is 5.41 Å². The van der Waals surface area contributed by atoms with Gasteiger partial charge < -0.3 is 10.0 Å². The van der Waals surface area contributed by atoms with E-state index in [0.717, 1.165) is 4.90 Å². The molecule has 1 aliphatic rings. The molecule has 12 heavy (non-hydrogen) atoms. The van der Waals surface area contributed by atoms with Crippen molar-refractivity contribution in [3.05, 3.63) is 0 Å². The third-order valence-electron chi connectivity index (χ3n) is 2.54. The normalized spacial score (nSPS) is 36.2. The average Bonchev–Trinajstić information content (AvgIpc) is 2.27. The van der Waals surface area contributed by atoms with Gasteiger partial charge in [0.25, 0.3) is 5.91 Å². The lowest BCUT2D eigenvalue weighted by Crippen LogP contribution is -2.49. The SMILES string of the molecule is [2H]C([2H])([2H])N1CC[C@](O)(C(C)(C)C)C1=O. The molecule has 0 aromatic carbocycles. The summed E-state index contributed by atoms with van der Waals surface area (Å²) in [6, 6.07) is 0. The van der Waals surface area contributed by atoms with Crippen LogP contribution in [0.3, 0.4) is 0 Å². The van der Waals surface area contributed by atoms with Crippen molar-refractivity contribution in [2.75, 3.05) is 13.5 Å². The Balaban J connectivity index is 3.00. The molecule has 70 valence electrons.